The lowest BCUT2D eigenvalue weighted by molar-refractivity contribution is 0.580. The van der Waals surface area contributed by atoms with Crippen LogP contribution in [0.1, 0.15) is 12.0 Å². The molecular weight excluding hydrogens is 388 g/mol. The van der Waals surface area contributed by atoms with Gasteiger partial charge in [-0.1, -0.05) is 6.07 Å². The molecule has 3 heterocycles. The number of nitrogens with one attached hydrogen (secondary N) is 2. The second-order valence-electron chi connectivity index (χ2n) is 7.09. The fraction of sp³-hybridized carbons (Fsp3) is 0.286. The molecule has 3 aromatic rings. The highest BCUT2D eigenvalue weighted by atomic mass is 19.1. The van der Waals surface area contributed by atoms with Gasteiger partial charge in [-0.3, -0.25) is 9.56 Å². The molecule has 7 nitrogen and oxygen atoms in total. The normalized spacial score (nSPS) is 16.7. The molecule has 1 aliphatic heterocycles. The molecule has 30 heavy (non-hydrogen) atoms. The molecule has 0 bridgehead atoms. The number of halogens is 2. The summed E-state index contributed by atoms with van der Waals surface area (Å²) in [5.74, 6) is 0.366. The summed E-state index contributed by atoms with van der Waals surface area (Å²) in [5, 5.41) is 6.65. The van der Waals surface area contributed by atoms with Crippen LogP contribution in [-0.2, 0) is 6.54 Å². The van der Waals surface area contributed by atoms with E-state index in [4.69, 9.17) is 0 Å². The maximum absolute atomic E-state index is 14.0. The van der Waals surface area contributed by atoms with Crippen LogP contribution in [0.5, 0.6) is 0 Å². The van der Waals surface area contributed by atoms with Gasteiger partial charge in [-0.05, 0) is 30.2 Å². The predicted octanol–water partition coefficient (Wildman–Crippen LogP) is 2.49. The first-order valence-electron chi connectivity index (χ1n) is 9.73. The minimum Gasteiger partial charge on any atom is -0.367 e. The Labute approximate surface area is 173 Å². The standard InChI is InChI=1S/C21H23F2N7/c1-24-21(27-12-15-2-5-20(26-11-15)30-9-7-25-14-30)28-17-6-8-29(13-17)19-4-3-16(22)10-18(19)23/h2-5,7,9-11,14,17H,6,8,12-13H2,1H3,(H2,24,27,28). The molecule has 1 saturated heterocycles. The largest absolute Gasteiger partial charge is 0.367 e. The number of anilines is 1. The summed E-state index contributed by atoms with van der Waals surface area (Å²) in [5.41, 5.74) is 1.44. The number of benzene rings is 1. The Kier molecular flexibility index (Phi) is 5.87. The monoisotopic (exact) mass is 411 g/mol. The lowest BCUT2D eigenvalue weighted by atomic mass is 10.2. The van der Waals surface area contributed by atoms with Crippen LogP contribution in [0.2, 0.25) is 0 Å². The summed E-state index contributed by atoms with van der Waals surface area (Å²) < 4.78 is 29.0. The number of rotatable bonds is 5. The van der Waals surface area contributed by atoms with Crippen molar-refractivity contribution in [1.82, 2.24) is 25.2 Å². The van der Waals surface area contributed by atoms with Crippen molar-refractivity contribution >= 4 is 11.6 Å². The van der Waals surface area contributed by atoms with Crippen LogP contribution in [0.3, 0.4) is 0 Å². The van der Waals surface area contributed by atoms with Crippen LogP contribution < -0.4 is 15.5 Å². The number of hydrogen-bond donors (Lipinski definition) is 2. The topological polar surface area (TPSA) is 70.4 Å². The summed E-state index contributed by atoms with van der Waals surface area (Å²) in [6.07, 6.45) is 7.90. The lowest BCUT2D eigenvalue weighted by Crippen LogP contribution is -2.44. The van der Waals surface area contributed by atoms with Crippen molar-refractivity contribution in [3.05, 3.63) is 72.4 Å². The zero-order valence-corrected chi connectivity index (χ0v) is 16.6. The first-order valence-corrected chi connectivity index (χ1v) is 9.73. The van der Waals surface area contributed by atoms with E-state index < -0.39 is 11.6 Å². The van der Waals surface area contributed by atoms with Crippen LogP contribution >= 0.6 is 0 Å². The van der Waals surface area contributed by atoms with E-state index >= 15 is 0 Å². The molecule has 1 atom stereocenters. The van der Waals surface area contributed by atoms with E-state index in [0.29, 0.717) is 31.3 Å². The van der Waals surface area contributed by atoms with E-state index in [1.165, 1.54) is 12.1 Å². The molecule has 2 aromatic heterocycles. The summed E-state index contributed by atoms with van der Waals surface area (Å²) >= 11 is 0. The van der Waals surface area contributed by atoms with Gasteiger partial charge in [0, 0.05) is 57.4 Å². The van der Waals surface area contributed by atoms with Gasteiger partial charge in [0.2, 0.25) is 0 Å². The summed E-state index contributed by atoms with van der Waals surface area (Å²) in [4.78, 5) is 14.6. The molecule has 1 fully saturated rings. The average Bonchev–Trinajstić information content (AvgIpc) is 3.44. The molecule has 156 valence electrons. The van der Waals surface area contributed by atoms with E-state index in [2.05, 4.69) is 25.6 Å². The van der Waals surface area contributed by atoms with Crippen LogP contribution in [0.4, 0.5) is 14.5 Å². The predicted molar refractivity (Wildman–Crippen MR) is 112 cm³/mol. The van der Waals surface area contributed by atoms with Crippen molar-refractivity contribution < 1.29 is 8.78 Å². The SMILES string of the molecule is CN=C(NCc1ccc(-n2ccnc2)nc1)NC1CCN(c2ccc(F)cc2F)C1. The third kappa shape index (κ3) is 4.56. The Morgan fingerprint density at radius 1 is 1.27 bits per heavy atom. The van der Waals surface area contributed by atoms with Crippen molar-refractivity contribution in [3.8, 4) is 5.82 Å². The van der Waals surface area contributed by atoms with E-state index in [1.807, 2.05) is 34.0 Å². The van der Waals surface area contributed by atoms with Gasteiger partial charge < -0.3 is 15.5 Å². The Hall–Kier alpha value is -3.49. The highest BCUT2D eigenvalue weighted by Crippen LogP contribution is 2.24. The van der Waals surface area contributed by atoms with Crippen LogP contribution in [0, 0.1) is 11.6 Å². The van der Waals surface area contributed by atoms with Crippen molar-refractivity contribution in [3.63, 3.8) is 0 Å². The Balaban J connectivity index is 1.30. The molecule has 0 radical (unpaired) electrons. The summed E-state index contributed by atoms with van der Waals surface area (Å²) in [7, 11) is 1.71. The number of pyridine rings is 1. The first-order chi connectivity index (χ1) is 14.6. The Morgan fingerprint density at radius 2 is 2.17 bits per heavy atom. The van der Waals surface area contributed by atoms with Crippen molar-refractivity contribution in [2.75, 3.05) is 25.0 Å². The Morgan fingerprint density at radius 3 is 2.87 bits per heavy atom. The summed E-state index contributed by atoms with van der Waals surface area (Å²) in [6.45, 7) is 1.88. The van der Waals surface area contributed by atoms with E-state index in [0.717, 1.165) is 23.9 Å². The molecule has 0 saturated carbocycles. The molecule has 1 aliphatic rings. The maximum Gasteiger partial charge on any atom is 0.191 e. The molecule has 9 heteroatoms. The fourth-order valence-corrected chi connectivity index (χ4v) is 3.48. The number of nitrogens with zero attached hydrogens (tertiary/aromatic N) is 5. The third-order valence-electron chi connectivity index (χ3n) is 5.04. The number of aromatic nitrogens is 3. The van der Waals surface area contributed by atoms with Gasteiger partial charge in [-0.2, -0.15) is 0 Å². The van der Waals surface area contributed by atoms with Gasteiger partial charge in [0.15, 0.2) is 5.96 Å². The Bertz CT molecular complexity index is 1000. The van der Waals surface area contributed by atoms with Crippen molar-refractivity contribution in [2.24, 2.45) is 4.99 Å². The lowest BCUT2D eigenvalue weighted by Gasteiger charge is -2.21. The second-order valence-corrected chi connectivity index (χ2v) is 7.09. The third-order valence-corrected chi connectivity index (χ3v) is 5.04. The van der Waals surface area contributed by atoms with Crippen LogP contribution in [0.15, 0.2) is 60.2 Å². The molecule has 1 aromatic carbocycles. The van der Waals surface area contributed by atoms with Gasteiger partial charge in [-0.25, -0.2) is 18.7 Å². The minimum atomic E-state index is -0.567. The molecule has 0 spiro atoms. The molecule has 4 rings (SSSR count). The van der Waals surface area contributed by atoms with Gasteiger partial charge in [0.1, 0.15) is 23.8 Å². The van der Waals surface area contributed by atoms with Crippen LogP contribution in [-0.4, -0.2) is 46.7 Å². The van der Waals surface area contributed by atoms with Gasteiger partial charge in [0.25, 0.3) is 0 Å². The number of hydrogen-bond acceptors (Lipinski definition) is 4. The number of guanidine groups is 1. The van der Waals surface area contributed by atoms with Crippen LogP contribution in [0.25, 0.3) is 5.82 Å². The van der Waals surface area contributed by atoms with Gasteiger partial charge in [0.05, 0.1) is 5.69 Å². The molecule has 2 N–H and O–H groups in total. The van der Waals surface area contributed by atoms with E-state index in [1.54, 1.807) is 19.6 Å². The first kappa shape index (κ1) is 19.8. The maximum atomic E-state index is 14.0. The molecule has 0 amide bonds. The van der Waals surface area contributed by atoms with Crippen molar-refractivity contribution in [2.45, 2.75) is 19.0 Å². The fourth-order valence-electron chi connectivity index (χ4n) is 3.48. The zero-order valence-electron chi connectivity index (χ0n) is 16.6. The number of aliphatic imine (C=N–C) groups is 1. The molecular formula is C21H23F2N7. The van der Waals surface area contributed by atoms with E-state index in [9.17, 15) is 8.78 Å². The highest BCUT2D eigenvalue weighted by molar-refractivity contribution is 5.80. The van der Waals surface area contributed by atoms with Gasteiger partial charge in [-0.15, -0.1) is 0 Å². The quantitative estimate of drug-likeness (QED) is 0.499. The molecule has 0 aliphatic carbocycles. The number of imidazole rings is 1. The summed E-state index contributed by atoms with van der Waals surface area (Å²) in [6, 6.07) is 7.73. The average molecular weight is 411 g/mol. The van der Waals surface area contributed by atoms with Crippen molar-refractivity contribution in [1.29, 1.82) is 0 Å². The molecule has 1 unspecified atom stereocenters. The van der Waals surface area contributed by atoms with Gasteiger partial charge >= 0.3 is 0 Å². The highest BCUT2D eigenvalue weighted by Gasteiger charge is 2.25. The van der Waals surface area contributed by atoms with E-state index in [-0.39, 0.29) is 6.04 Å². The second kappa shape index (κ2) is 8.89. The smallest absolute Gasteiger partial charge is 0.191 e. The minimum absolute atomic E-state index is 0.113. The zero-order chi connectivity index (χ0) is 20.9.